The number of likely N-dealkylation sites (N-methyl/N-ethyl adjacent to an activating group) is 1. The summed E-state index contributed by atoms with van der Waals surface area (Å²) in [5, 5.41) is 2.74. The molecule has 0 heterocycles. The van der Waals surface area contributed by atoms with E-state index in [2.05, 4.69) is 5.32 Å². The van der Waals surface area contributed by atoms with Crippen molar-refractivity contribution in [3.63, 3.8) is 0 Å². The van der Waals surface area contributed by atoms with Gasteiger partial charge in [0.1, 0.15) is 24.1 Å². The molecule has 0 aliphatic rings. The molecule has 3 aromatic carbocycles. The molecule has 1 atom stereocenters. The Morgan fingerprint density at radius 3 is 2.23 bits per heavy atom. The van der Waals surface area contributed by atoms with Crippen LogP contribution < -0.4 is 19.1 Å². The molecule has 0 bridgehead atoms. The van der Waals surface area contributed by atoms with Gasteiger partial charge >= 0.3 is 0 Å². The number of nitrogens with zero attached hydrogens (tertiary/aromatic N) is 2. The Morgan fingerprint density at radius 2 is 1.62 bits per heavy atom. The van der Waals surface area contributed by atoms with Crippen molar-refractivity contribution in [1.29, 1.82) is 0 Å². The Hall–Kier alpha value is -4.05. The molecule has 3 aromatic rings. The van der Waals surface area contributed by atoms with Crippen LogP contribution in [0.3, 0.4) is 0 Å². The summed E-state index contributed by atoms with van der Waals surface area (Å²) in [7, 11) is -2.58. The van der Waals surface area contributed by atoms with Gasteiger partial charge in [0.25, 0.3) is 10.0 Å². The molecule has 0 saturated heterocycles. The highest BCUT2D eigenvalue weighted by atomic mass is 32.2. The molecule has 0 unspecified atom stereocenters. The van der Waals surface area contributed by atoms with E-state index in [-0.39, 0.29) is 17.3 Å². The molecule has 1 N–H and O–H groups in total. The topological polar surface area (TPSA) is 105 Å². The van der Waals surface area contributed by atoms with E-state index < -0.39 is 28.5 Å². The molecule has 3 rings (SSSR count). The zero-order chi connectivity index (χ0) is 28.4. The van der Waals surface area contributed by atoms with Gasteiger partial charge in [-0.25, -0.2) is 8.42 Å². The zero-order valence-corrected chi connectivity index (χ0v) is 23.5. The molecule has 0 aliphatic heterocycles. The summed E-state index contributed by atoms with van der Waals surface area (Å²) in [4.78, 5) is 28.1. The fourth-order valence-electron chi connectivity index (χ4n) is 4.00. The Morgan fingerprint density at radius 1 is 0.923 bits per heavy atom. The third-order valence-electron chi connectivity index (χ3n) is 6.05. The van der Waals surface area contributed by atoms with Crippen LogP contribution >= 0.6 is 0 Å². The van der Waals surface area contributed by atoms with Gasteiger partial charge in [0.15, 0.2) is 0 Å². The van der Waals surface area contributed by atoms with Crippen LogP contribution in [0.1, 0.15) is 26.3 Å². The average Bonchev–Trinajstić information content (AvgIpc) is 2.95. The largest absolute Gasteiger partial charge is 0.497 e. The molecular formula is C29H35N3O6S. The maximum absolute atomic E-state index is 13.9. The monoisotopic (exact) mass is 553 g/mol. The third-order valence-corrected chi connectivity index (χ3v) is 7.84. The second-order valence-corrected chi connectivity index (χ2v) is 10.6. The number of hydrogen-bond acceptors (Lipinski definition) is 6. The second kappa shape index (κ2) is 13.7. The predicted octanol–water partition coefficient (Wildman–Crippen LogP) is 3.84. The van der Waals surface area contributed by atoms with E-state index >= 15 is 0 Å². The van der Waals surface area contributed by atoms with Gasteiger partial charge in [-0.2, -0.15) is 0 Å². The lowest BCUT2D eigenvalue weighted by atomic mass is 10.1. The molecule has 0 radical (unpaired) electrons. The maximum atomic E-state index is 13.9. The quantitative estimate of drug-likeness (QED) is 0.345. The third kappa shape index (κ3) is 7.51. The van der Waals surface area contributed by atoms with Crippen molar-refractivity contribution in [2.75, 3.05) is 31.1 Å². The van der Waals surface area contributed by atoms with Crippen LogP contribution in [-0.2, 0) is 26.2 Å². The van der Waals surface area contributed by atoms with Gasteiger partial charge in [-0.15, -0.1) is 0 Å². The number of amides is 2. The van der Waals surface area contributed by atoms with Crippen molar-refractivity contribution in [2.45, 2.75) is 38.3 Å². The minimum Gasteiger partial charge on any atom is -0.497 e. The molecule has 10 heteroatoms. The summed E-state index contributed by atoms with van der Waals surface area (Å²) in [6, 6.07) is 20.7. The van der Waals surface area contributed by atoms with E-state index in [4.69, 9.17) is 9.47 Å². The van der Waals surface area contributed by atoms with Gasteiger partial charge in [0.2, 0.25) is 11.8 Å². The summed E-state index contributed by atoms with van der Waals surface area (Å²) in [5.74, 6) is 0.305. The first-order valence-electron chi connectivity index (χ1n) is 12.7. The molecule has 0 fully saturated rings. The number of benzene rings is 3. The molecule has 9 nitrogen and oxygen atoms in total. The van der Waals surface area contributed by atoms with Crippen molar-refractivity contribution in [1.82, 2.24) is 10.2 Å². The number of sulfonamides is 1. The first-order chi connectivity index (χ1) is 18.7. The van der Waals surface area contributed by atoms with Gasteiger partial charge < -0.3 is 19.7 Å². The van der Waals surface area contributed by atoms with Gasteiger partial charge in [-0.05, 0) is 74.9 Å². The van der Waals surface area contributed by atoms with Crippen LogP contribution in [0.2, 0.25) is 0 Å². The lowest BCUT2D eigenvalue weighted by Crippen LogP contribution is -2.51. The van der Waals surface area contributed by atoms with E-state index in [0.29, 0.717) is 30.3 Å². The molecule has 2 amide bonds. The Bertz CT molecular complexity index is 1350. The first kappa shape index (κ1) is 29.5. The molecule has 0 spiro atoms. The number of methoxy groups -OCH3 is 1. The van der Waals surface area contributed by atoms with Gasteiger partial charge in [0.05, 0.1) is 24.3 Å². The lowest BCUT2D eigenvalue weighted by Gasteiger charge is -2.32. The van der Waals surface area contributed by atoms with Crippen molar-refractivity contribution in [2.24, 2.45) is 0 Å². The van der Waals surface area contributed by atoms with Crippen LogP contribution in [-0.4, -0.2) is 58.0 Å². The van der Waals surface area contributed by atoms with Crippen LogP contribution in [0.5, 0.6) is 11.5 Å². The number of rotatable bonds is 13. The summed E-state index contributed by atoms with van der Waals surface area (Å²) in [6.45, 7) is 5.68. The van der Waals surface area contributed by atoms with Gasteiger partial charge in [-0.3, -0.25) is 13.9 Å². The maximum Gasteiger partial charge on any atom is 0.264 e. The fraction of sp³-hybridized carbons (Fsp3) is 0.310. The smallest absolute Gasteiger partial charge is 0.264 e. The summed E-state index contributed by atoms with van der Waals surface area (Å²) in [5.41, 5.74) is 1.03. The minimum atomic E-state index is -4.12. The van der Waals surface area contributed by atoms with Crippen LogP contribution in [0.25, 0.3) is 0 Å². The number of ether oxygens (including phenoxy) is 2. The second-order valence-electron chi connectivity index (χ2n) is 8.70. The molecule has 208 valence electrons. The highest BCUT2D eigenvalue weighted by molar-refractivity contribution is 7.92. The zero-order valence-electron chi connectivity index (χ0n) is 22.7. The molecule has 39 heavy (non-hydrogen) atoms. The number of carbonyl (C=O) groups excluding carboxylic acids is 2. The average molecular weight is 554 g/mol. The number of hydrogen-bond donors (Lipinski definition) is 1. The summed E-state index contributed by atoms with van der Waals surface area (Å²) in [6.07, 6.45) is 0. The van der Waals surface area contributed by atoms with Crippen molar-refractivity contribution in [3.05, 3.63) is 84.4 Å². The Kier molecular flexibility index (Phi) is 10.3. The highest BCUT2D eigenvalue weighted by Crippen LogP contribution is 2.27. The number of anilines is 1. The minimum absolute atomic E-state index is 0.0443. The number of carbonyl (C=O) groups is 2. The first-order valence-corrected chi connectivity index (χ1v) is 14.2. The molecular weight excluding hydrogens is 518 g/mol. The Labute approximate surface area is 230 Å². The number of nitrogens with one attached hydrogen (secondary N) is 1. The van der Waals surface area contributed by atoms with Crippen molar-refractivity contribution >= 4 is 27.5 Å². The molecule has 0 aromatic heterocycles. The summed E-state index contributed by atoms with van der Waals surface area (Å²) < 4.78 is 39.4. The normalized spacial score (nSPS) is 11.8. The SMILES string of the molecule is CCNC(=O)[C@@H](C)N(Cc1cccc(OC)c1)C(=O)CN(c1ccc(OCC)cc1)S(=O)(=O)c1ccccc1. The Balaban J connectivity index is 2.02. The van der Waals surface area contributed by atoms with Crippen LogP contribution in [0.4, 0.5) is 5.69 Å². The standard InChI is InChI=1S/C29H35N3O6S/c1-5-30-29(34)22(3)31(20-23-11-10-12-26(19-23)37-4)28(33)21-32(24-15-17-25(18-16-24)38-6-2)39(35,36)27-13-8-7-9-14-27/h7-19,22H,5-6,20-21H2,1-4H3,(H,30,34)/t22-/m1/s1. The summed E-state index contributed by atoms with van der Waals surface area (Å²) >= 11 is 0. The lowest BCUT2D eigenvalue weighted by molar-refractivity contribution is -0.139. The van der Waals surface area contributed by atoms with Crippen molar-refractivity contribution in [3.8, 4) is 11.5 Å². The molecule has 0 aliphatic carbocycles. The van der Waals surface area contributed by atoms with E-state index in [9.17, 15) is 18.0 Å². The van der Waals surface area contributed by atoms with Crippen LogP contribution in [0.15, 0.2) is 83.8 Å². The van der Waals surface area contributed by atoms with Crippen LogP contribution in [0, 0.1) is 0 Å². The van der Waals surface area contributed by atoms with E-state index in [1.807, 2.05) is 13.0 Å². The van der Waals surface area contributed by atoms with E-state index in [0.717, 1.165) is 9.87 Å². The van der Waals surface area contributed by atoms with E-state index in [1.54, 1.807) is 81.6 Å². The van der Waals surface area contributed by atoms with Gasteiger partial charge in [-0.1, -0.05) is 30.3 Å². The van der Waals surface area contributed by atoms with Crippen molar-refractivity contribution < 1.29 is 27.5 Å². The predicted molar refractivity (Wildman–Crippen MR) is 150 cm³/mol. The highest BCUT2D eigenvalue weighted by Gasteiger charge is 2.32. The molecule has 0 saturated carbocycles. The van der Waals surface area contributed by atoms with E-state index in [1.165, 1.54) is 17.0 Å². The fourth-order valence-corrected chi connectivity index (χ4v) is 5.43. The van der Waals surface area contributed by atoms with Gasteiger partial charge in [0, 0.05) is 13.1 Å².